The van der Waals surface area contributed by atoms with Gasteiger partial charge >= 0.3 is 0 Å². The summed E-state index contributed by atoms with van der Waals surface area (Å²) in [6.07, 6.45) is 3.24. The molecule has 0 N–H and O–H groups in total. The molecule has 1 atom stereocenters. The number of hydrogen-bond donors (Lipinski definition) is 0. The molecule has 1 aromatic carbocycles. The first-order valence-corrected chi connectivity index (χ1v) is 8.20. The van der Waals surface area contributed by atoms with Crippen LogP contribution in [0.25, 0.3) is 0 Å². The maximum Gasteiger partial charge on any atom is 0.170 e. The SMILES string of the molecule is Cc1cc(Br)ccc1C(=O)C1CCCc2sccc21. The summed E-state index contributed by atoms with van der Waals surface area (Å²) >= 11 is 5.24. The third kappa shape index (κ3) is 2.41. The number of aryl methyl sites for hydroxylation is 2. The second-order valence-corrected chi connectivity index (χ2v) is 6.98. The molecular weight excluding hydrogens is 320 g/mol. The monoisotopic (exact) mass is 334 g/mol. The predicted molar refractivity (Wildman–Crippen MR) is 83.2 cm³/mol. The molecule has 98 valence electrons. The van der Waals surface area contributed by atoms with Crippen LogP contribution in [0.5, 0.6) is 0 Å². The molecule has 0 fully saturated rings. The largest absolute Gasteiger partial charge is 0.293 e. The van der Waals surface area contributed by atoms with Crippen molar-refractivity contribution in [3.63, 3.8) is 0 Å². The van der Waals surface area contributed by atoms with E-state index < -0.39 is 0 Å². The smallest absolute Gasteiger partial charge is 0.170 e. The van der Waals surface area contributed by atoms with Gasteiger partial charge in [0.05, 0.1) is 0 Å². The first-order chi connectivity index (χ1) is 9.16. The summed E-state index contributed by atoms with van der Waals surface area (Å²) in [4.78, 5) is 14.2. The van der Waals surface area contributed by atoms with Crippen LogP contribution in [0.3, 0.4) is 0 Å². The lowest BCUT2D eigenvalue weighted by atomic mass is 9.82. The van der Waals surface area contributed by atoms with Crippen molar-refractivity contribution in [1.82, 2.24) is 0 Å². The van der Waals surface area contributed by atoms with Crippen LogP contribution in [0.4, 0.5) is 0 Å². The predicted octanol–water partition coefficient (Wildman–Crippen LogP) is 5.12. The highest BCUT2D eigenvalue weighted by Crippen LogP contribution is 2.37. The van der Waals surface area contributed by atoms with Crippen LogP contribution in [0.15, 0.2) is 34.1 Å². The minimum absolute atomic E-state index is 0.0647. The van der Waals surface area contributed by atoms with Crippen LogP contribution >= 0.6 is 27.3 Å². The summed E-state index contributed by atoms with van der Waals surface area (Å²) in [5.41, 5.74) is 3.19. The van der Waals surface area contributed by atoms with Crippen LogP contribution in [-0.2, 0) is 6.42 Å². The van der Waals surface area contributed by atoms with E-state index in [-0.39, 0.29) is 11.7 Å². The van der Waals surface area contributed by atoms with Crippen molar-refractivity contribution in [3.8, 4) is 0 Å². The minimum atomic E-state index is 0.0647. The second-order valence-electron chi connectivity index (χ2n) is 5.07. The Morgan fingerprint density at radius 3 is 3.00 bits per heavy atom. The molecule has 0 bridgehead atoms. The summed E-state index contributed by atoms with van der Waals surface area (Å²) in [5.74, 6) is 0.347. The van der Waals surface area contributed by atoms with Gasteiger partial charge in [-0.3, -0.25) is 4.79 Å². The van der Waals surface area contributed by atoms with E-state index in [1.165, 1.54) is 10.4 Å². The van der Waals surface area contributed by atoms with E-state index in [1.807, 2.05) is 25.1 Å². The molecule has 0 aliphatic heterocycles. The van der Waals surface area contributed by atoms with Crippen molar-refractivity contribution in [2.45, 2.75) is 32.1 Å². The lowest BCUT2D eigenvalue weighted by molar-refractivity contribution is 0.0951. The Balaban J connectivity index is 1.98. The Bertz CT molecular complexity index is 629. The maximum atomic E-state index is 12.8. The van der Waals surface area contributed by atoms with Crippen LogP contribution in [-0.4, -0.2) is 5.78 Å². The number of carbonyl (C=O) groups is 1. The standard InChI is InChI=1S/C16H15BrOS/c1-10-9-11(17)5-6-12(10)16(18)14-3-2-4-15-13(14)7-8-19-15/h5-9,14H,2-4H2,1H3. The number of thiophene rings is 1. The number of hydrogen-bond acceptors (Lipinski definition) is 2. The lowest BCUT2D eigenvalue weighted by Gasteiger charge is -2.22. The molecular formula is C16H15BrOS. The van der Waals surface area contributed by atoms with Crippen LogP contribution < -0.4 is 0 Å². The molecule has 0 radical (unpaired) electrons. The first kappa shape index (κ1) is 13.1. The van der Waals surface area contributed by atoms with Crippen molar-refractivity contribution in [3.05, 3.63) is 55.7 Å². The zero-order valence-corrected chi connectivity index (χ0v) is 13.2. The Kier molecular flexibility index (Phi) is 3.59. The topological polar surface area (TPSA) is 17.1 Å². The van der Waals surface area contributed by atoms with Crippen LogP contribution in [0, 0.1) is 6.92 Å². The second kappa shape index (κ2) is 5.22. The molecule has 1 aliphatic carbocycles. The molecule has 0 amide bonds. The van der Waals surface area contributed by atoms with Gasteiger partial charge in [-0.25, -0.2) is 0 Å². The van der Waals surface area contributed by atoms with E-state index in [4.69, 9.17) is 0 Å². The Labute approximate surface area is 125 Å². The molecule has 19 heavy (non-hydrogen) atoms. The first-order valence-electron chi connectivity index (χ1n) is 6.53. The molecule has 0 saturated carbocycles. The van der Waals surface area contributed by atoms with Crippen molar-refractivity contribution in [2.24, 2.45) is 0 Å². The number of carbonyl (C=O) groups excluding carboxylic acids is 1. The highest BCUT2D eigenvalue weighted by atomic mass is 79.9. The average molecular weight is 335 g/mol. The molecule has 1 aromatic heterocycles. The fourth-order valence-corrected chi connectivity index (χ4v) is 4.31. The normalized spacial score (nSPS) is 18.1. The summed E-state index contributed by atoms with van der Waals surface area (Å²) in [6, 6.07) is 8.06. The van der Waals surface area contributed by atoms with Crippen molar-refractivity contribution < 1.29 is 4.79 Å². The molecule has 1 heterocycles. The Morgan fingerprint density at radius 2 is 2.21 bits per heavy atom. The van der Waals surface area contributed by atoms with Crippen LogP contribution in [0.2, 0.25) is 0 Å². The van der Waals surface area contributed by atoms with Gasteiger partial charge in [0, 0.05) is 20.8 Å². The number of Topliss-reactive ketones (excluding diaryl/α,β-unsaturated/α-hetero) is 1. The average Bonchev–Trinajstić information content (AvgIpc) is 2.86. The van der Waals surface area contributed by atoms with Crippen molar-refractivity contribution in [2.75, 3.05) is 0 Å². The van der Waals surface area contributed by atoms with E-state index in [0.717, 1.165) is 34.9 Å². The highest BCUT2D eigenvalue weighted by molar-refractivity contribution is 9.10. The number of ketones is 1. The van der Waals surface area contributed by atoms with E-state index in [0.29, 0.717) is 0 Å². The van der Waals surface area contributed by atoms with E-state index in [2.05, 4.69) is 27.4 Å². The molecule has 1 aliphatic rings. The van der Waals surface area contributed by atoms with E-state index >= 15 is 0 Å². The minimum Gasteiger partial charge on any atom is -0.293 e. The van der Waals surface area contributed by atoms with Gasteiger partial charge in [-0.15, -0.1) is 11.3 Å². The summed E-state index contributed by atoms with van der Waals surface area (Å²) in [7, 11) is 0. The molecule has 0 saturated heterocycles. The molecule has 1 unspecified atom stereocenters. The molecule has 0 spiro atoms. The Hall–Kier alpha value is -0.930. The van der Waals surface area contributed by atoms with Gasteiger partial charge in [0.2, 0.25) is 0 Å². The summed E-state index contributed by atoms with van der Waals surface area (Å²) in [6.45, 7) is 2.01. The molecule has 2 aromatic rings. The zero-order chi connectivity index (χ0) is 13.4. The maximum absolute atomic E-state index is 12.8. The summed E-state index contributed by atoms with van der Waals surface area (Å²) in [5, 5.41) is 2.12. The van der Waals surface area contributed by atoms with Gasteiger partial charge in [0.25, 0.3) is 0 Å². The Morgan fingerprint density at radius 1 is 1.37 bits per heavy atom. The van der Waals surface area contributed by atoms with Gasteiger partial charge in [-0.1, -0.05) is 22.0 Å². The van der Waals surface area contributed by atoms with Crippen molar-refractivity contribution >= 4 is 33.0 Å². The van der Waals surface area contributed by atoms with Gasteiger partial charge in [0.1, 0.15) is 0 Å². The molecule has 3 heteroatoms. The van der Waals surface area contributed by atoms with E-state index in [1.54, 1.807) is 11.3 Å². The fourth-order valence-electron chi connectivity index (χ4n) is 2.85. The highest BCUT2D eigenvalue weighted by Gasteiger charge is 2.28. The third-order valence-electron chi connectivity index (χ3n) is 3.82. The molecule has 3 rings (SSSR count). The third-order valence-corrected chi connectivity index (χ3v) is 5.31. The fraction of sp³-hybridized carbons (Fsp3) is 0.312. The van der Waals surface area contributed by atoms with Gasteiger partial charge in [-0.2, -0.15) is 0 Å². The van der Waals surface area contributed by atoms with Crippen molar-refractivity contribution in [1.29, 1.82) is 0 Å². The number of fused-ring (bicyclic) bond motifs is 1. The van der Waals surface area contributed by atoms with Gasteiger partial charge < -0.3 is 0 Å². The zero-order valence-electron chi connectivity index (χ0n) is 10.8. The number of rotatable bonds is 2. The van der Waals surface area contributed by atoms with Gasteiger partial charge in [0.15, 0.2) is 5.78 Å². The quantitative estimate of drug-likeness (QED) is 0.696. The number of benzene rings is 1. The summed E-state index contributed by atoms with van der Waals surface area (Å²) < 4.78 is 1.03. The van der Waals surface area contributed by atoms with E-state index in [9.17, 15) is 4.79 Å². The van der Waals surface area contributed by atoms with Crippen LogP contribution in [0.1, 0.15) is 45.1 Å². The molecule has 1 nitrogen and oxygen atoms in total. The number of halogens is 1. The lowest BCUT2D eigenvalue weighted by Crippen LogP contribution is -2.18. The van der Waals surface area contributed by atoms with Gasteiger partial charge in [-0.05, 0) is 60.9 Å².